The van der Waals surface area contributed by atoms with Crippen LogP contribution in [0.25, 0.3) is 0 Å². The number of halogens is 3. The monoisotopic (exact) mass is 329 g/mol. The van der Waals surface area contributed by atoms with Gasteiger partial charge in [0.05, 0.1) is 16.5 Å². The highest BCUT2D eigenvalue weighted by Gasteiger charge is 2.07. The summed E-state index contributed by atoms with van der Waals surface area (Å²) in [6.07, 6.45) is 0. The molecule has 6 heteroatoms. The molecular formula is C14H10Cl2FNOS. The zero-order valence-electron chi connectivity index (χ0n) is 10.2. The number of amides is 1. The van der Waals surface area contributed by atoms with E-state index in [1.807, 2.05) is 12.1 Å². The molecule has 0 saturated carbocycles. The van der Waals surface area contributed by atoms with Gasteiger partial charge >= 0.3 is 0 Å². The van der Waals surface area contributed by atoms with Gasteiger partial charge in [-0.15, -0.1) is 11.8 Å². The molecule has 1 N–H and O–H groups in total. The Balaban J connectivity index is 1.90. The third-order valence-electron chi connectivity index (χ3n) is 2.39. The number of rotatable bonds is 4. The molecule has 2 aromatic rings. The van der Waals surface area contributed by atoms with E-state index in [1.54, 1.807) is 12.1 Å². The lowest BCUT2D eigenvalue weighted by Gasteiger charge is -2.07. The lowest BCUT2D eigenvalue weighted by molar-refractivity contribution is -0.113. The van der Waals surface area contributed by atoms with Crippen molar-refractivity contribution in [3.05, 3.63) is 58.3 Å². The maximum atomic E-state index is 12.9. The molecule has 1 amide bonds. The first kappa shape index (κ1) is 15.2. The van der Waals surface area contributed by atoms with E-state index in [1.165, 1.54) is 23.9 Å². The first-order chi connectivity index (χ1) is 9.54. The Morgan fingerprint density at radius 3 is 2.50 bits per heavy atom. The number of anilines is 1. The van der Waals surface area contributed by atoms with Crippen molar-refractivity contribution in [2.45, 2.75) is 4.90 Å². The van der Waals surface area contributed by atoms with E-state index in [2.05, 4.69) is 5.32 Å². The van der Waals surface area contributed by atoms with Gasteiger partial charge in [-0.2, -0.15) is 0 Å². The van der Waals surface area contributed by atoms with Crippen LogP contribution in [-0.4, -0.2) is 11.7 Å². The second-order valence-corrected chi connectivity index (χ2v) is 5.81. The molecule has 2 aromatic carbocycles. The van der Waals surface area contributed by atoms with Gasteiger partial charge in [0.1, 0.15) is 5.82 Å². The van der Waals surface area contributed by atoms with Crippen molar-refractivity contribution >= 4 is 46.6 Å². The number of carbonyl (C=O) groups excluding carboxylic acids is 1. The largest absolute Gasteiger partial charge is 0.324 e. The fourth-order valence-electron chi connectivity index (χ4n) is 1.46. The molecule has 0 radical (unpaired) electrons. The van der Waals surface area contributed by atoms with Crippen LogP contribution in [0.1, 0.15) is 0 Å². The standard InChI is InChI=1S/C14H10Cl2FNOS/c15-9-1-4-11(5-2-9)20-8-14(19)18-13-6-3-10(17)7-12(13)16/h1-7H,8H2,(H,18,19). The molecule has 0 spiro atoms. The van der Waals surface area contributed by atoms with E-state index in [0.717, 1.165) is 11.0 Å². The third-order valence-corrected chi connectivity index (χ3v) is 3.97. The van der Waals surface area contributed by atoms with E-state index >= 15 is 0 Å². The molecule has 0 aliphatic heterocycles. The lowest BCUT2D eigenvalue weighted by atomic mass is 10.3. The maximum absolute atomic E-state index is 12.9. The summed E-state index contributed by atoms with van der Waals surface area (Å²) in [6.45, 7) is 0. The first-order valence-electron chi connectivity index (χ1n) is 5.68. The van der Waals surface area contributed by atoms with Gasteiger partial charge in [-0.3, -0.25) is 4.79 Å². The predicted octanol–water partition coefficient (Wildman–Crippen LogP) is 4.86. The van der Waals surface area contributed by atoms with Gasteiger partial charge < -0.3 is 5.32 Å². The van der Waals surface area contributed by atoms with Crippen molar-refractivity contribution in [1.82, 2.24) is 0 Å². The van der Waals surface area contributed by atoms with Crippen molar-refractivity contribution in [2.24, 2.45) is 0 Å². The maximum Gasteiger partial charge on any atom is 0.234 e. The molecule has 104 valence electrons. The van der Waals surface area contributed by atoms with Crippen molar-refractivity contribution in [3.8, 4) is 0 Å². The average molecular weight is 330 g/mol. The van der Waals surface area contributed by atoms with E-state index in [9.17, 15) is 9.18 Å². The van der Waals surface area contributed by atoms with Crippen molar-refractivity contribution in [2.75, 3.05) is 11.1 Å². The van der Waals surface area contributed by atoms with Gasteiger partial charge in [0.2, 0.25) is 5.91 Å². The highest BCUT2D eigenvalue weighted by Crippen LogP contribution is 2.24. The van der Waals surface area contributed by atoms with Crippen LogP contribution in [0.4, 0.5) is 10.1 Å². The Hall–Kier alpha value is -1.23. The molecule has 0 aliphatic carbocycles. The van der Waals surface area contributed by atoms with Crippen molar-refractivity contribution < 1.29 is 9.18 Å². The number of carbonyl (C=O) groups is 1. The molecule has 2 nitrogen and oxygen atoms in total. The Morgan fingerprint density at radius 1 is 1.15 bits per heavy atom. The topological polar surface area (TPSA) is 29.1 Å². The van der Waals surface area contributed by atoms with Gasteiger partial charge in [-0.05, 0) is 42.5 Å². The minimum atomic E-state index is -0.441. The summed E-state index contributed by atoms with van der Waals surface area (Å²) in [5, 5.41) is 3.46. The van der Waals surface area contributed by atoms with Crippen LogP contribution in [0.2, 0.25) is 10.0 Å². The summed E-state index contributed by atoms with van der Waals surface area (Å²) in [6, 6.07) is 11.0. The van der Waals surface area contributed by atoms with Crippen LogP contribution in [0.5, 0.6) is 0 Å². The normalized spacial score (nSPS) is 10.3. The third kappa shape index (κ3) is 4.40. The summed E-state index contributed by atoms with van der Waals surface area (Å²) in [7, 11) is 0. The van der Waals surface area contributed by atoms with E-state index in [-0.39, 0.29) is 16.7 Å². The molecule has 2 rings (SSSR count). The molecule has 0 aromatic heterocycles. The molecule has 20 heavy (non-hydrogen) atoms. The molecular weight excluding hydrogens is 320 g/mol. The molecule has 0 bridgehead atoms. The highest BCUT2D eigenvalue weighted by molar-refractivity contribution is 8.00. The molecule has 0 unspecified atom stereocenters. The Kier molecular flexibility index (Phi) is 5.29. The quantitative estimate of drug-likeness (QED) is 0.811. The number of hydrogen-bond acceptors (Lipinski definition) is 2. The molecule has 0 heterocycles. The SMILES string of the molecule is O=C(CSc1ccc(Cl)cc1)Nc1ccc(F)cc1Cl. The number of thioether (sulfide) groups is 1. The summed E-state index contributed by atoms with van der Waals surface area (Å²) >= 11 is 13.0. The van der Waals surface area contributed by atoms with E-state index < -0.39 is 5.82 Å². The molecule has 0 aliphatic rings. The zero-order chi connectivity index (χ0) is 14.5. The van der Waals surface area contributed by atoms with Crippen LogP contribution in [0.15, 0.2) is 47.4 Å². The predicted molar refractivity (Wildman–Crippen MR) is 82.2 cm³/mol. The zero-order valence-corrected chi connectivity index (χ0v) is 12.5. The van der Waals surface area contributed by atoms with E-state index in [0.29, 0.717) is 10.7 Å². The number of hydrogen-bond donors (Lipinski definition) is 1. The van der Waals surface area contributed by atoms with Crippen molar-refractivity contribution in [3.63, 3.8) is 0 Å². The lowest BCUT2D eigenvalue weighted by Crippen LogP contribution is -2.14. The van der Waals surface area contributed by atoms with Gasteiger partial charge in [0, 0.05) is 9.92 Å². The van der Waals surface area contributed by atoms with Crippen LogP contribution in [0.3, 0.4) is 0 Å². The average Bonchev–Trinajstić information content (AvgIpc) is 2.41. The van der Waals surface area contributed by atoms with Gasteiger partial charge in [0.15, 0.2) is 0 Å². The van der Waals surface area contributed by atoms with E-state index in [4.69, 9.17) is 23.2 Å². The second-order valence-electron chi connectivity index (χ2n) is 3.91. The number of benzene rings is 2. The van der Waals surface area contributed by atoms with Gasteiger partial charge in [-0.1, -0.05) is 23.2 Å². The smallest absolute Gasteiger partial charge is 0.234 e. The molecule has 0 atom stereocenters. The van der Waals surface area contributed by atoms with Gasteiger partial charge in [0.25, 0.3) is 0 Å². The Bertz CT molecular complexity index is 619. The highest BCUT2D eigenvalue weighted by atomic mass is 35.5. The summed E-state index contributed by atoms with van der Waals surface area (Å²) < 4.78 is 12.9. The van der Waals surface area contributed by atoms with Crippen LogP contribution in [0, 0.1) is 5.82 Å². The Morgan fingerprint density at radius 2 is 1.85 bits per heavy atom. The minimum Gasteiger partial charge on any atom is -0.324 e. The number of nitrogens with one attached hydrogen (secondary N) is 1. The fraction of sp³-hybridized carbons (Fsp3) is 0.0714. The van der Waals surface area contributed by atoms with Crippen LogP contribution in [-0.2, 0) is 4.79 Å². The Labute approximate surface area is 130 Å². The first-order valence-corrected chi connectivity index (χ1v) is 7.42. The summed E-state index contributed by atoms with van der Waals surface area (Å²) in [5.74, 6) is -0.419. The summed E-state index contributed by atoms with van der Waals surface area (Å²) in [4.78, 5) is 12.7. The minimum absolute atomic E-state index is 0.176. The van der Waals surface area contributed by atoms with Gasteiger partial charge in [-0.25, -0.2) is 4.39 Å². The van der Waals surface area contributed by atoms with Crippen LogP contribution < -0.4 is 5.32 Å². The summed E-state index contributed by atoms with van der Waals surface area (Å²) in [5.41, 5.74) is 0.398. The van der Waals surface area contributed by atoms with Crippen molar-refractivity contribution in [1.29, 1.82) is 0 Å². The van der Waals surface area contributed by atoms with Crippen LogP contribution >= 0.6 is 35.0 Å². The molecule has 0 fully saturated rings. The molecule has 0 saturated heterocycles. The second kappa shape index (κ2) is 6.97. The fourth-order valence-corrected chi connectivity index (χ4v) is 2.50.